The van der Waals surface area contributed by atoms with Crippen LogP contribution in [0.3, 0.4) is 0 Å². The summed E-state index contributed by atoms with van der Waals surface area (Å²) in [5.41, 5.74) is 0.255. The minimum absolute atomic E-state index is 0.132. The fraction of sp³-hybridized carbons (Fsp3) is 0.278. The van der Waals surface area contributed by atoms with E-state index in [1.165, 1.54) is 24.4 Å². The molecule has 8 nitrogen and oxygen atoms in total. The Labute approximate surface area is 170 Å². The number of rotatable bonds is 8. The normalized spacial score (nSPS) is 13.2. The lowest BCUT2D eigenvalue weighted by Gasteiger charge is -2.22. The molecule has 0 amide bonds. The highest BCUT2D eigenvalue weighted by Gasteiger charge is 2.44. The highest BCUT2D eigenvalue weighted by atomic mass is 32.2. The zero-order chi connectivity index (χ0) is 21.8. The molecule has 30 heavy (non-hydrogen) atoms. The lowest BCUT2D eigenvalue weighted by atomic mass is 10.1. The number of hydrogen-bond donors (Lipinski definition) is 2. The van der Waals surface area contributed by atoms with Crippen LogP contribution in [0.2, 0.25) is 0 Å². The first-order valence-electron chi connectivity index (χ1n) is 8.87. The van der Waals surface area contributed by atoms with Gasteiger partial charge < -0.3 is 4.74 Å². The van der Waals surface area contributed by atoms with E-state index < -0.39 is 34.2 Å². The Hall–Kier alpha value is -2.99. The Bertz CT molecular complexity index is 1110. The van der Waals surface area contributed by atoms with Crippen molar-refractivity contribution >= 4 is 27.1 Å². The summed E-state index contributed by atoms with van der Waals surface area (Å²) in [6.07, 6.45) is -4.38. The molecule has 2 N–H and O–H groups in total. The zero-order valence-electron chi connectivity index (χ0n) is 15.7. The number of para-hydroxylation sites is 2. The van der Waals surface area contributed by atoms with Crippen LogP contribution in [0.1, 0.15) is 25.0 Å². The molecule has 0 saturated carbocycles. The van der Waals surface area contributed by atoms with Crippen LogP contribution in [0.5, 0.6) is 5.88 Å². The number of halogens is 3. The molecule has 1 aromatic carbocycles. The molecule has 0 fully saturated rings. The number of nitrogens with zero attached hydrogens (tertiary/aromatic N) is 3. The first-order valence-corrected chi connectivity index (χ1v) is 10.4. The molecule has 12 heteroatoms. The predicted octanol–water partition coefficient (Wildman–Crippen LogP) is 3.36. The van der Waals surface area contributed by atoms with Crippen molar-refractivity contribution < 1.29 is 26.3 Å². The third-order valence-corrected chi connectivity index (χ3v) is 4.87. The van der Waals surface area contributed by atoms with Crippen molar-refractivity contribution in [2.24, 2.45) is 0 Å². The number of benzene rings is 1. The van der Waals surface area contributed by atoms with Crippen molar-refractivity contribution in [3.8, 4) is 5.88 Å². The van der Waals surface area contributed by atoms with Crippen molar-refractivity contribution in [3.05, 3.63) is 54.4 Å². The van der Waals surface area contributed by atoms with Crippen LogP contribution in [0.4, 0.5) is 19.0 Å². The lowest BCUT2D eigenvalue weighted by Crippen LogP contribution is -2.32. The number of aromatic nitrogens is 3. The van der Waals surface area contributed by atoms with E-state index in [0.717, 1.165) is 6.20 Å². The molecule has 1 atom stereocenters. The van der Waals surface area contributed by atoms with Crippen LogP contribution in [-0.4, -0.2) is 36.1 Å². The number of ether oxygens (including phenoxy) is 1. The van der Waals surface area contributed by atoms with Crippen molar-refractivity contribution in [3.63, 3.8) is 0 Å². The average molecular weight is 441 g/mol. The topological polar surface area (TPSA) is 106 Å². The molecule has 0 aliphatic heterocycles. The summed E-state index contributed by atoms with van der Waals surface area (Å²) in [6.45, 7) is 1.89. The van der Waals surface area contributed by atoms with Crippen molar-refractivity contribution in [1.82, 2.24) is 19.7 Å². The molecule has 0 radical (unpaired) electrons. The van der Waals surface area contributed by atoms with Gasteiger partial charge in [-0.1, -0.05) is 25.1 Å². The average Bonchev–Trinajstić information content (AvgIpc) is 2.70. The molecule has 160 valence electrons. The Balaban J connectivity index is 2.06. The maximum atomic E-state index is 13.7. The zero-order valence-corrected chi connectivity index (χ0v) is 16.5. The Morgan fingerprint density at radius 1 is 1.10 bits per heavy atom. The molecule has 3 rings (SSSR count). The molecule has 0 unspecified atom stereocenters. The molecule has 3 aromatic rings. The second-order valence-corrected chi connectivity index (χ2v) is 7.69. The van der Waals surface area contributed by atoms with E-state index in [1.54, 1.807) is 25.1 Å². The molecule has 2 heterocycles. The molecule has 0 bridgehead atoms. The van der Waals surface area contributed by atoms with Crippen LogP contribution in [0.25, 0.3) is 11.0 Å². The summed E-state index contributed by atoms with van der Waals surface area (Å²) in [7, 11) is -4.10. The molecule has 0 saturated heterocycles. The van der Waals surface area contributed by atoms with Gasteiger partial charge in [-0.15, -0.1) is 0 Å². The van der Waals surface area contributed by atoms with Gasteiger partial charge in [-0.3, -0.25) is 9.71 Å². The van der Waals surface area contributed by atoms with E-state index in [9.17, 15) is 21.6 Å². The van der Waals surface area contributed by atoms with E-state index in [0.29, 0.717) is 6.42 Å². The lowest BCUT2D eigenvalue weighted by molar-refractivity contribution is -0.198. The van der Waals surface area contributed by atoms with Crippen LogP contribution in [0.15, 0.2) is 48.8 Å². The smallest absolute Gasteiger partial charge is 0.429 e. The number of hydrogen-bond acceptors (Lipinski definition) is 6. The summed E-state index contributed by atoms with van der Waals surface area (Å²) in [6, 6.07) is 8.87. The third kappa shape index (κ3) is 5.33. The van der Waals surface area contributed by atoms with Crippen molar-refractivity contribution in [1.29, 1.82) is 0 Å². The quantitative estimate of drug-likeness (QED) is 0.555. The maximum Gasteiger partial charge on any atom is 0.429 e. The second kappa shape index (κ2) is 8.79. The number of pyridine rings is 1. The Kier molecular flexibility index (Phi) is 6.37. The molecule has 2 aromatic heterocycles. The second-order valence-electron chi connectivity index (χ2n) is 6.19. The standard InChI is InChI=1S/C18H18F3N5O3S/c1-2-9-23-30(27,28)26-16-17(25-14-8-4-3-7-13(14)24-16)29-15(18(19,20)21)12-6-5-10-22-11-12/h3-8,10-11,15,23H,2,9H2,1H3,(H,24,26)/t15-/m0/s1. The Morgan fingerprint density at radius 3 is 2.40 bits per heavy atom. The van der Waals surface area contributed by atoms with Gasteiger partial charge in [0.1, 0.15) is 0 Å². The van der Waals surface area contributed by atoms with Gasteiger partial charge in [-0.25, -0.2) is 9.97 Å². The largest absolute Gasteiger partial charge is 0.457 e. The van der Waals surface area contributed by atoms with Gasteiger partial charge in [0.15, 0.2) is 0 Å². The van der Waals surface area contributed by atoms with Crippen molar-refractivity contribution in [2.75, 3.05) is 11.3 Å². The van der Waals surface area contributed by atoms with Gasteiger partial charge in [-0.05, 0) is 24.6 Å². The first-order chi connectivity index (χ1) is 14.2. The van der Waals surface area contributed by atoms with Gasteiger partial charge in [0.2, 0.25) is 11.9 Å². The summed E-state index contributed by atoms with van der Waals surface area (Å²) in [4.78, 5) is 11.8. The van der Waals surface area contributed by atoms with Crippen LogP contribution in [-0.2, 0) is 10.2 Å². The minimum Gasteiger partial charge on any atom is -0.457 e. The molecule has 0 spiro atoms. The number of fused-ring (bicyclic) bond motifs is 1. The van der Waals surface area contributed by atoms with Crippen molar-refractivity contribution in [2.45, 2.75) is 25.6 Å². The Morgan fingerprint density at radius 2 is 1.80 bits per heavy atom. The van der Waals surface area contributed by atoms with Crippen LogP contribution >= 0.6 is 0 Å². The maximum absolute atomic E-state index is 13.7. The number of nitrogens with one attached hydrogen (secondary N) is 2. The fourth-order valence-corrected chi connectivity index (χ4v) is 3.43. The third-order valence-electron chi connectivity index (χ3n) is 3.83. The number of alkyl halides is 3. The van der Waals surface area contributed by atoms with Gasteiger partial charge in [-0.2, -0.15) is 26.3 Å². The van der Waals surface area contributed by atoms with Crippen LogP contribution < -0.4 is 14.2 Å². The van der Waals surface area contributed by atoms with Gasteiger partial charge in [0.05, 0.1) is 11.0 Å². The molecular formula is C18H18F3N5O3S. The first kappa shape index (κ1) is 21.7. The molecule has 0 aliphatic carbocycles. The van der Waals surface area contributed by atoms with Crippen LogP contribution in [0, 0.1) is 0 Å². The van der Waals surface area contributed by atoms with Gasteiger partial charge in [0.25, 0.3) is 16.1 Å². The SMILES string of the molecule is CCCNS(=O)(=O)Nc1nc2ccccc2nc1O[C@@H](c1cccnc1)C(F)(F)F. The minimum atomic E-state index is -4.81. The highest BCUT2D eigenvalue weighted by Crippen LogP contribution is 2.38. The summed E-state index contributed by atoms with van der Waals surface area (Å²) >= 11 is 0. The highest BCUT2D eigenvalue weighted by molar-refractivity contribution is 7.90. The molecule has 0 aliphatic rings. The summed E-state index contributed by atoms with van der Waals surface area (Å²) in [5, 5.41) is 0. The molecular weight excluding hydrogens is 423 g/mol. The van der Waals surface area contributed by atoms with E-state index in [-0.39, 0.29) is 23.1 Å². The van der Waals surface area contributed by atoms with E-state index in [2.05, 4.69) is 24.4 Å². The van der Waals surface area contributed by atoms with E-state index >= 15 is 0 Å². The van der Waals surface area contributed by atoms with Gasteiger partial charge >= 0.3 is 6.18 Å². The summed E-state index contributed by atoms with van der Waals surface area (Å²) in [5.74, 6) is -1.07. The summed E-state index contributed by atoms with van der Waals surface area (Å²) < 4.78 is 75.0. The van der Waals surface area contributed by atoms with E-state index in [4.69, 9.17) is 4.74 Å². The van der Waals surface area contributed by atoms with Gasteiger partial charge in [0, 0.05) is 24.5 Å². The predicted molar refractivity (Wildman–Crippen MR) is 104 cm³/mol. The fourth-order valence-electron chi connectivity index (χ4n) is 2.50. The monoisotopic (exact) mass is 441 g/mol. The van der Waals surface area contributed by atoms with E-state index in [1.807, 2.05) is 0 Å². The number of anilines is 1.